The molecule has 1 heterocycles. The third kappa shape index (κ3) is 2.06. The summed E-state index contributed by atoms with van der Waals surface area (Å²) >= 11 is 0. The van der Waals surface area contributed by atoms with E-state index in [4.69, 9.17) is 4.74 Å². The molecule has 2 nitrogen and oxygen atoms in total. The predicted octanol–water partition coefficient (Wildman–Crippen LogP) is 1.85. The average molecular weight is 206 g/mol. The van der Waals surface area contributed by atoms with Crippen LogP contribution in [0.3, 0.4) is 0 Å². The van der Waals surface area contributed by atoms with E-state index in [9.17, 15) is 5.11 Å². The zero-order valence-electron chi connectivity index (χ0n) is 9.42. The van der Waals surface area contributed by atoms with E-state index in [0.717, 1.165) is 6.42 Å². The van der Waals surface area contributed by atoms with Crippen molar-refractivity contribution in [3.63, 3.8) is 0 Å². The lowest BCUT2D eigenvalue weighted by molar-refractivity contribution is -0.136. The van der Waals surface area contributed by atoms with Crippen molar-refractivity contribution in [2.24, 2.45) is 5.41 Å². The average Bonchev–Trinajstić information content (AvgIpc) is 2.17. The molecule has 1 aromatic rings. The summed E-state index contributed by atoms with van der Waals surface area (Å²) in [6, 6.07) is 6.49. The van der Waals surface area contributed by atoms with Crippen LogP contribution in [0.15, 0.2) is 18.2 Å². The van der Waals surface area contributed by atoms with Gasteiger partial charge in [-0.25, -0.2) is 0 Å². The highest BCUT2D eigenvalue weighted by Crippen LogP contribution is 2.32. The quantitative estimate of drug-likeness (QED) is 0.818. The van der Waals surface area contributed by atoms with E-state index in [1.807, 2.05) is 0 Å². The minimum absolute atomic E-state index is 0.0153. The molecule has 1 saturated heterocycles. The molecule has 2 heteroatoms. The molecule has 15 heavy (non-hydrogen) atoms. The van der Waals surface area contributed by atoms with Gasteiger partial charge in [-0.3, -0.25) is 0 Å². The second-order valence-corrected chi connectivity index (χ2v) is 4.76. The van der Waals surface area contributed by atoms with Crippen LogP contribution in [0.4, 0.5) is 0 Å². The van der Waals surface area contributed by atoms with E-state index in [2.05, 4.69) is 32.0 Å². The van der Waals surface area contributed by atoms with E-state index >= 15 is 0 Å². The van der Waals surface area contributed by atoms with Crippen molar-refractivity contribution in [3.05, 3.63) is 34.9 Å². The molecule has 1 aliphatic rings. The maximum absolute atomic E-state index is 9.38. The van der Waals surface area contributed by atoms with Crippen LogP contribution in [-0.4, -0.2) is 24.9 Å². The van der Waals surface area contributed by atoms with E-state index in [0.29, 0.717) is 13.2 Å². The van der Waals surface area contributed by atoms with Gasteiger partial charge in [0.1, 0.15) is 0 Å². The van der Waals surface area contributed by atoms with Crippen molar-refractivity contribution in [1.82, 2.24) is 0 Å². The minimum Gasteiger partial charge on any atom is -0.396 e. The second kappa shape index (κ2) is 3.95. The normalized spacial score (nSPS) is 18.6. The summed E-state index contributed by atoms with van der Waals surface area (Å²) in [4.78, 5) is 0. The lowest BCUT2D eigenvalue weighted by atomic mass is 9.79. The Morgan fingerprint density at radius 2 is 2.07 bits per heavy atom. The molecule has 0 radical (unpaired) electrons. The van der Waals surface area contributed by atoms with Gasteiger partial charge in [-0.05, 0) is 31.4 Å². The number of rotatable bonds is 3. The Bertz CT molecular complexity index is 348. The number of aliphatic hydroxyl groups is 1. The molecule has 0 aliphatic carbocycles. The zero-order chi connectivity index (χ0) is 10.9. The second-order valence-electron chi connectivity index (χ2n) is 4.76. The summed E-state index contributed by atoms with van der Waals surface area (Å²) < 4.78 is 5.21. The monoisotopic (exact) mass is 206 g/mol. The molecule has 0 atom stereocenters. The van der Waals surface area contributed by atoms with Crippen LogP contribution in [0.5, 0.6) is 0 Å². The molecule has 0 aromatic heterocycles. The first-order valence-electron chi connectivity index (χ1n) is 5.40. The summed E-state index contributed by atoms with van der Waals surface area (Å²) in [6.45, 7) is 5.83. The summed E-state index contributed by atoms with van der Waals surface area (Å²) in [5.74, 6) is 0. The van der Waals surface area contributed by atoms with Gasteiger partial charge in [0.15, 0.2) is 0 Å². The van der Waals surface area contributed by atoms with Gasteiger partial charge in [0.25, 0.3) is 0 Å². The molecular weight excluding hydrogens is 188 g/mol. The topological polar surface area (TPSA) is 29.5 Å². The van der Waals surface area contributed by atoms with Crippen LogP contribution >= 0.6 is 0 Å². The first-order valence-corrected chi connectivity index (χ1v) is 5.40. The lowest BCUT2D eigenvalue weighted by Crippen LogP contribution is -2.47. The van der Waals surface area contributed by atoms with Gasteiger partial charge >= 0.3 is 0 Å². The number of aliphatic hydroxyl groups excluding tert-OH is 1. The largest absolute Gasteiger partial charge is 0.396 e. The Labute approximate surface area is 90.9 Å². The van der Waals surface area contributed by atoms with Crippen molar-refractivity contribution < 1.29 is 9.84 Å². The highest BCUT2D eigenvalue weighted by molar-refractivity contribution is 5.31. The molecule has 1 N–H and O–H groups in total. The van der Waals surface area contributed by atoms with Gasteiger partial charge in [0.05, 0.1) is 19.8 Å². The molecule has 0 saturated carbocycles. The molecule has 0 unspecified atom stereocenters. The Kier molecular flexibility index (Phi) is 2.81. The molecule has 0 amide bonds. The molecule has 1 fully saturated rings. The summed E-state index contributed by atoms with van der Waals surface area (Å²) in [5.41, 5.74) is 3.91. The molecule has 1 aromatic carbocycles. The molecule has 1 aliphatic heterocycles. The first kappa shape index (κ1) is 10.7. The third-order valence-electron chi connectivity index (χ3n) is 3.22. The van der Waals surface area contributed by atoms with Gasteiger partial charge in [0.2, 0.25) is 0 Å². The van der Waals surface area contributed by atoms with Gasteiger partial charge in [-0.2, -0.15) is 0 Å². The molecular formula is C13H18O2. The van der Waals surface area contributed by atoms with Crippen LogP contribution in [-0.2, 0) is 11.2 Å². The van der Waals surface area contributed by atoms with Gasteiger partial charge in [0, 0.05) is 5.41 Å². The fourth-order valence-electron chi connectivity index (χ4n) is 2.03. The first-order chi connectivity index (χ1) is 7.15. The van der Waals surface area contributed by atoms with Crippen LogP contribution in [0, 0.1) is 19.3 Å². The van der Waals surface area contributed by atoms with Crippen molar-refractivity contribution in [1.29, 1.82) is 0 Å². The highest BCUT2D eigenvalue weighted by Gasteiger charge is 2.38. The fraction of sp³-hybridized carbons (Fsp3) is 0.538. The number of hydrogen-bond donors (Lipinski definition) is 1. The van der Waals surface area contributed by atoms with Crippen LogP contribution in [0.1, 0.15) is 16.7 Å². The van der Waals surface area contributed by atoms with Gasteiger partial charge in [-0.15, -0.1) is 0 Å². The number of aryl methyl sites for hydroxylation is 2. The van der Waals surface area contributed by atoms with E-state index in [1.54, 1.807) is 0 Å². The lowest BCUT2D eigenvalue weighted by Gasteiger charge is -2.40. The van der Waals surface area contributed by atoms with Gasteiger partial charge < -0.3 is 9.84 Å². The van der Waals surface area contributed by atoms with E-state index in [-0.39, 0.29) is 12.0 Å². The number of hydrogen-bond acceptors (Lipinski definition) is 2. The van der Waals surface area contributed by atoms with Crippen molar-refractivity contribution in [2.75, 3.05) is 19.8 Å². The Morgan fingerprint density at radius 3 is 2.60 bits per heavy atom. The predicted molar refractivity (Wildman–Crippen MR) is 60.0 cm³/mol. The molecule has 0 spiro atoms. The highest BCUT2D eigenvalue weighted by atomic mass is 16.5. The summed E-state index contributed by atoms with van der Waals surface area (Å²) in [6.07, 6.45) is 0.928. The fourth-order valence-corrected chi connectivity index (χ4v) is 2.03. The smallest absolute Gasteiger partial charge is 0.0570 e. The third-order valence-corrected chi connectivity index (χ3v) is 3.22. The molecule has 0 bridgehead atoms. The Morgan fingerprint density at radius 1 is 1.33 bits per heavy atom. The van der Waals surface area contributed by atoms with E-state index in [1.165, 1.54) is 16.7 Å². The van der Waals surface area contributed by atoms with E-state index < -0.39 is 0 Å². The Hall–Kier alpha value is -0.860. The molecule has 2 rings (SSSR count). The van der Waals surface area contributed by atoms with Crippen molar-refractivity contribution in [2.45, 2.75) is 20.3 Å². The zero-order valence-corrected chi connectivity index (χ0v) is 9.42. The number of benzene rings is 1. The van der Waals surface area contributed by atoms with Crippen LogP contribution in [0.2, 0.25) is 0 Å². The van der Waals surface area contributed by atoms with Crippen molar-refractivity contribution in [3.8, 4) is 0 Å². The minimum atomic E-state index is -0.0153. The number of ether oxygens (including phenoxy) is 1. The maximum atomic E-state index is 9.38. The van der Waals surface area contributed by atoms with Crippen molar-refractivity contribution >= 4 is 0 Å². The summed E-state index contributed by atoms with van der Waals surface area (Å²) in [5, 5.41) is 9.38. The standard InChI is InChI=1S/C13H18O2/c1-10-3-4-11(2)12(5-10)6-13(7-14)8-15-9-13/h3-5,14H,6-9H2,1-2H3. The Balaban J connectivity index is 2.19. The van der Waals surface area contributed by atoms with Crippen LogP contribution < -0.4 is 0 Å². The molecule has 82 valence electrons. The summed E-state index contributed by atoms with van der Waals surface area (Å²) in [7, 11) is 0. The SMILES string of the molecule is Cc1ccc(C)c(CC2(CO)COC2)c1. The van der Waals surface area contributed by atoms with Crippen LogP contribution in [0.25, 0.3) is 0 Å². The van der Waals surface area contributed by atoms with Gasteiger partial charge in [-0.1, -0.05) is 23.8 Å². The maximum Gasteiger partial charge on any atom is 0.0570 e.